The molecule has 1 N–H and O–H groups in total. The molecule has 0 aliphatic carbocycles. The third-order valence-corrected chi connectivity index (χ3v) is 3.41. The van der Waals surface area contributed by atoms with E-state index in [4.69, 9.17) is 0 Å². The molecule has 1 aliphatic heterocycles. The van der Waals surface area contributed by atoms with Crippen molar-refractivity contribution in [2.24, 2.45) is 0 Å². The summed E-state index contributed by atoms with van der Waals surface area (Å²) < 4.78 is 1.55. The predicted molar refractivity (Wildman–Crippen MR) is 66.4 cm³/mol. The highest BCUT2D eigenvalue weighted by atomic mass is 32.2. The molecule has 0 saturated heterocycles. The summed E-state index contributed by atoms with van der Waals surface area (Å²) in [5.41, 5.74) is -0.142. The van der Waals surface area contributed by atoms with Crippen molar-refractivity contribution in [3.63, 3.8) is 0 Å². The second kappa shape index (κ2) is 5.18. The van der Waals surface area contributed by atoms with E-state index in [1.54, 1.807) is 10.6 Å². The summed E-state index contributed by atoms with van der Waals surface area (Å²) in [6.45, 7) is 4.67. The molecule has 0 radical (unpaired) electrons. The number of amides is 1. The van der Waals surface area contributed by atoms with Crippen LogP contribution in [-0.4, -0.2) is 27.8 Å². The van der Waals surface area contributed by atoms with Crippen molar-refractivity contribution >= 4 is 17.7 Å². The van der Waals surface area contributed by atoms with E-state index in [1.165, 1.54) is 18.0 Å². The minimum absolute atomic E-state index is 0.111. The first kappa shape index (κ1) is 11.9. The van der Waals surface area contributed by atoms with Crippen molar-refractivity contribution in [1.82, 2.24) is 14.9 Å². The van der Waals surface area contributed by atoms with Crippen LogP contribution in [0.2, 0.25) is 0 Å². The van der Waals surface area contributed by atoms with E-state index in [9.17, 15) is 9.59 Å². The van der Waals surface area contributed by atoms with E-state index in [1.807, 2.05) is 0 Å². The van der Waals surface area contributed by atoms with Gasteiger partial charge in [0.25, 0.3) is 11.5 Å². The lowest BCUT2D eigenvalue weighted by Gasteiger charge is -2.05. The van der Waals surface area contributed by atoms with E-state index in [0.29, 0.717) is 24.7 Å². The molecule has 2 heterocycles. The summed E-state index contributed by atoms with van der Waals surface area (Å²) in [4.78, 5) is 27.8. The fraction of sp³-hybridized carbons (Fsp3) is 0.364. The maximum Gasteiger partial charge on any atom is 0.267 e. The Kier molecular flexibility index (Phi) is 3.63. The lowest BCUT2D eigenvalue weighted by molar-refractivity contribution is 0.0951. The molecule has 0 spiro atoms. The Morgan fingerprint density at radius 3 is 3.29 bits per heavy atom. The Hall–Kier alpha value is -1.56. The molecular weight excluding hydrogens is 238 g/mol. The average Bonchev–Trinajstić information content (AvgIpc) is 2.78. The summed E-state index contributed by atoms with van der Waals surface area (Å²) in [6, 6.07) is 0. The second-order valence-corrected chi connectivity index (χ2v) is 4.66. The number of aromatic nitrogens is 2. The molecule has 0 bridgehead atoms. The van der Waals surface area contributed by atoms with Crippen LogP contribution in [0.4, 0.5) is 0 Å². The number of carbonyl (C=O) groups is 1. The highest BCUT2D eigenvalue weighted by Crippen LogP contribution is 2.20. The number of rotatable bonds is 4. The lowest BCUT2D eigenvalue weighted by Crippen LogP contribution is -2.33. The van der Waals surface area contributed by atoms with Crippen LogP contribution in [0, 0.1) is 0 Å². The van der Waals surface area contributed by atoms with Crippen LogP contribution in [0.15, 0.2) is 28.8 Å². The Labute approximate surface area is 103 Å². The molecule has 5 nitrogen and oxygen atoms in total. The Morgan fingerprint density at radius 2 is 2.53 bits per heavy atom. The summed E-state index contributed by atoms with van der Waals surface area (Å²) in [5, 5.41) is 3.35. The summed E-state index contributed by atoms with van der Waals surface area (Å²) in [6.07, 6.45) is 3.75. The van der Waals surface area contributed by atoms with Crippen LogP contribution in [0.5, 0.6) is 0 Å². The molecule has 1 amide bonds. The quantitative estimate of drug-likeness (QED) is 0.485. The molecule has 1 aliphatic rings. The van der Waals surface area contributed by atoms with Crippen LogP contribution >= 0.6 is 11.8 Å². The number of fused-ring (bicyclic) bond motifs is 1. The summed E-state index contributed by atoms with van der Waals surface area (Å²) >= 11 is 1.53. The fourth-order valence-corrected chi connectivity index (χ4v) is 2.47. The van der Waals surface area contributed by atoms with E-state index in [2.05, 4.69) is 16.9 Å². The van der Waals surface area contributed by atoms with Crippen LogP contribution in [0.3, 0.4) is 0 Å². The highest BCUT2D eigenvalue weighted by Gasteiger charge is 2.19. The van der Waals surface area contributed by atoms with Gasteiger partial charge in [0.2, 0.25) is 0 Å². The molecule has 0 aromatic carbocycles. The Bertz CT molecular complexity index is 510. The van der Waals surface area contributed by atoms with Crippen LogP contribution in [0.1, 0.15) is 16.8 Å². The normalized spacial score (nSPS) is 13.2. The van der Waals surface area contributed by atoms with Crippen LogP contribution in [-0.2, 0) is 6.54 Å². The third-order valence-electron chi connectivity index (χ3n) is 2.44. The smallest absolute Gasteiger partial charge is 0.267 e. The lowest BCUT2D eigenvalue weighted by atomic mass is 10.3. The molecular formula is C11H13N3O2S. The molecule has 1 aromatic heterocycles. The Balaban J connectivity index is 2.19. The van der Waals surface area contributed by atoms with E-state index >= 15 is 0 Å². The SMILES string of the molecule is C=CCCNC(=O)c1cnc2n(c1=O)CCS2. The van der Waals surface area contributed by atoms with Gasteiger partial charge in [0.15, 0.2) is 5.16 Å². The standard InChI is InChI=1S/C11H13N3O2S/c1-2-3-4-12-9(15)8-7-13-11-14(10(8)16)5-6-17-11/h2,7H,1,3-6H2,(H,12,15). The van der Waals surface area contributed by atoms with Crippen molar-refractivity contribution in [2.75, 3.05) is 12.3 Å². The van der Waals surface area contributed by atoms with Gasteiger partial charge in [0.05, 0.1) is 0 Å². The van der Waals surface area contributed by atoms with Gasteiger partial charge in [-0.2, -0.15) is 0 Å². The van der Waals surface area contributed by atoms with Crippen molar-refractivity contribution in [2.45, 2.75) is 18.1 Å². The van der Waals surface area contributed by atoms with E-state index in [0.717, 1.165) is 5.75 Å². The second-order valence-electron chi connectivity index (χ2n) is 3.59. The zero-order valence-corrected chi connectivity index (χ0v) is 10.1. The zero-order valence-electron chi connectivity index (χ0n) is 9.31. The largest absolute Gasteiger partial charge is 0.352 e. The average molecular weight is 251 g/mol. The maximum atomic E-state index is 12.0. The first-order valence-electron chi connectivity index (χ1n) is 5.36. The monoisotopic (exact) mass is 251 g/mol. The van der Waals surface area contributed by atoms with Gasteiger partial charge >= 0.3 is 0 Å². The number of hydrogen-bond acceptors (Lipinski definition) is 4. The first-order valence-corrected chi connectivity index (χ1v) is 6.34. The topological polar surface area (TPSA) is 64.0 Å². The molecule has 0 fully saturated rings. The molecule has 0 saturated carbocycles. The van der Waals surface area contributed by atoms with Gasteiger partial charge < -0.3 is 5.32 Å². The Morgan fingerprint density at radius 1 is 1.71 bits per heavy atom. The van der Waals surface area contributed by atoms with Crippen LogP contribution in [0.25, 0.3) is 0 Å². The number of thioether (sulfide) groups is 1. The zero-order chi connectivity index (χ0) is 12.3. The van der Waals surface area contributed by atoms with Crippen LogP contribution < -0.4 is 10.9 Å². The molecule has 90 valence electrons. The van der Waals surface area contributed by atoms with Gasteiger partial charge in [-0.05, 0) is 6.42 Å². The summed E-state index contributed by atoms with van der Waals surface area (Å²) in [7, 11) is 0. The maximum absolute atomic E-state index is 12.0. The third kappa shape index (κ3) is 2.41. The van der Waals surface area contributed by atoms with Crippen molar-refractivity contribution < 1.29 is 4.79 Å². The van der Waals surface area contributed by atoms with Gasteiger partial charge in [-0.15, -0.1) is 6.58 Å². The van der Waals surface area contributed by atoms with Gasteiger partial charge in [0, 0.05) is 25.0 Å². The van der Waals surface area contributed by atoms with Crippen molar-refractivity contribution in [3.05, 3.63) is 34.8 Å². The van der Waals surface area contributed by atoms with Crippen molar-refractivity contribution in [3.8, 4) is 0 Å². The van der Waals surface area contributed by atoms with Gasteiger partial charge in [-0.1, -0.05) is 17.8 Å². The molecule has 6 heteroatoms. The number of hydrogen-bond donors (Lipinski definition) is 1. The van der Waals surface area contributed by atoms with Gasteiger partial charge in [-0.3, -0.25) is 14.2 Å². The summed E-state index contributed by atoms with van der Waals surface area (Å²) in [5.74, 6) is 0.473. The minimum Gasteiger partial charge on any atom is -0.352 e. The van der Waals surface area contributed by atoms with Gasteiger partial charge in [-0.25, -0.2) is 4.98 Å². The van der Waals surface area contributed by atoms with Gasteiger partial charge in [0.1, 0.15) is 5.56 Å². The number of nitrogens with one attached hydrogen (secondary N) is 1. The number of nitrogens with zero attached hydrogens (tertiary/aromatic N) is 2. The molecule has 0 atom stereocenters. The predicted octanol–water partition coefficient (Wildman–Crippen LogP) is 0.655. The molecule has 1 aromatic rings. The molecule has 0 unspecified atom stereocenters. The first-order chi connectivity index (χ1) is 8.24. The van der Waals surface area contributed by atoms with E-state index in [-0.39, 0.29) is 17.0 Å². The molecule has 17 heavy (non-hydrogen) atoms. The van der Waals surface area contributed by atoms with E-state index < -0.39 is 0 Å². The minimum atomic E-state index is -0.364. The molecule has 2 rings (SSSR count). The fourth-order valence-electron chi connectivity index (χ4n) is 1.56. The number of carbonyl (C=O) groups excluding carboxylic acids is 1. The van der Waals surface area contributed by atoms with Crippen molar-refractivity contribution in [1.29, 1.82) is 0 Å². The highest BCUT2D eigenvalue weighted by molar-refractivity contribution is 7.99.